The average Bonchev–Trinajstić information content (AvgIpc) is 2.65. The Bertz CT molecular complexity index is 488. The fourth-order valence-corrected chi connectivity index (χ4v) is 2.38. The van der Waals surface area contributed by atoms with Crippen LogP contribution in [0.5, 0.6) is 0 Å². The number of aromatic nitrogens is 2. The molecule has 0 aliphatic heterocycles. The standard InChI is InChI=1S/C10H9BrFN3S/c1-15(10-14-13-9(11)16-10)6-7-3-2-4-8(12)5-7/h2-5H,6H2,1H3. The van der Waals surface area contributed by atoms with Crippen molar-refractivity contribution in [3.63, 3.8) is 0 Å². The van der Waals surface area contributed by atoms with Crippen LogP contribution in [0, 0.1) is 5.82 Å². The maximum absolute atomic E-state index is 13.0. The minimum absolute atomic E-state index is 0.218. The van der Waals surface area contributed by atoms with Crippen LogP contribution in [-0.4, -0.2) is 17.2 Å². The molecule has 3 nitrogen and oxygen atoms in total. The van der Waals surface area contributed by atoms with Crippen LogP contribution in [0.15, 0.2) is 28.2 Å². The normalized spacial score (nSPS) is 10.4. The number of hydrogen-bond acceptors (Lipinski definition) is 4. The van der Waals surface area contributed by atoms with E-state index in [0.717, 1.165) is 14.6 Å². The second kappa shape index (κ2) is 4.88. The number of halogens is 2. The molecule has 0 atom stereocenters. The van der Waals surface area contributed by atoms with Crippen LogP contribution in [-0.2, 0) is 6.54 Å². The van der Waals surface area contributed by atoms with Gasteiger partial charge >= 0.3 is 0 Å². The average molecular weight is 302 g/mol. The molecule has 2 rings (SSSR count). The van der Waals surface area contributed by atoms with Gasteiger partial charge in [0, 0.05) is 13.6 Å². The second-order valence-electron chi connectivity index (χ2n) is 3.32. The lowest BCUT2D eigenvalue weighted by atomic mass is 10.2. The van der Waals surface area contributed by atoms with Crippen molar-refractivity contribution in [3.8, 4) is 0 Å². The smallest absolute Gasteiger partial charge is 0.209 e. The predicted octanol–water partition coefficient (Wildman–Crippen LogP) is 3.08. The van der Waals surface area contributed by atoms with Crippen molar-refractivity contribution in [2.75, 3.05) is 11.9 Å². The Morgan fingerprint density at radius 2 is 2.25 bits per heavy atom. The molecule has 0 amide bonds. The third-order valence-electron chi connectivity index (χ3n) is 2.02. The van der Waals surface area contributed by atoms with Crippen molar-refractivity contribution in [1.82, 2.24) is 10.2 Å². The van der Waals surface area contributed by atoms with Gasteiger partial charge in [-0.1, -0.05) is 23.5 Å². The zero-order valence-corrected chi connectivity index (χ0v) is 10.9. The molecule has 0 unspecified atom stereocenters. The number of nitrogens with zero attached hydrogens (tertiary/aromatic N) is 3. The second-order valence-corrected chi connectivity index (χ2v) is 5.56. The molecular weight excluding hydrogens is 293 g/mol. The fraction of sp³-hybridized carbons (Fsp3) is 0.200. The molecule has 16 heavy (non-hydrogen) atoms. The molecule has 0 bridgehead atoms. The Balaban J connectivity index is 2.10. The highest BCUT2D eigenvalue weighted by Gasteiger charge is 2.08. The Labute approximate surface area is 105 Å². The van der Waals surface area contributed by atoms with E-state index >= 15 is 0 Å². The van der Waals surface area contributed by atoms with Gasteiger partial charge in [0.05, 0.1) is 0 Å². The van der Waals surface area contributed by atoms with Crippen molar-refractivity contribution in [2.24, 2.45) is 0 Å². The lowest BCUT2D eigenvalue weighted by Gasteiger charge is -2.14. The maximum atomic E-state index is 13.0. The van der Waals surface area contributed by atoms with Gasteiger partial charge in [0.2, 0.25) is 5.13 Å². The van der Waals surface area contributed by atoms with Gasteiger partial charge in [-0.15, -0.1) is 10.2 Å². The van der Waals surface area contributed by atoms with Crippen LogP contribution >= 0.6 is 27.3 Å². The summed E-state index contributed by atoms with van der Waals surface area (Å²) in [7, 11) is 1.90. The lowest BCUT2D eigenvalue weighted by molar-refractivity contribution is 0.625. The minimum Gasteiger partial charge on any atom is -0.345 e. The van der Waals surface area contributed by atoms with E-state index < -0.39 is 0 Å². The molecule has 84 valence electrons. The van der Waals surface area contributed by atoms with E-state index in [9.17, 15) is 4.39 Å². The Morgan fingerprint density at radius 3 is 2.88 bits per heavy atom. The summed E-state index contributed by atoms with van der Waals surface area (Å²) in [6.45, 7) is 0.611. The highest BCUT2D eigenvalue weighted by atomic mass is 79.9. The molecule has 0 saturated heterocycles. The molecule has 0 aliphatic rings. The Kier molecular flexibility index (Phi) is 3.50. The SMILES string of the molecule is CN(Cc1cccc(F)c1)c1nnc(Br)s1. The lowest BCUT2D eigenvalue weighted by Crippen LogP contribution is -2.16. The summed E-state index contributed by atoms with van der Waals surface area (Å²) in [5, 5.41) is 8.66. The van der Waals surface area contributed by atoms with Crippen molar-refractivity contribution in [2.45, 2.75) is 6.54 Å². The first-order valence-corrected chi connectivity index (χ1v) is 6.20. The number of rotatable bonds is 3. The number of anilines is 1. The van der Waals surface area contributed by atoms with E-state index in [0.29, 0.717) is 6.54 Å². The van der Waals surface area contributed by atoms with Crippen LogP contribution in [0.1, 0.15) is 5.56 Å². The summed E-state index contributed by atoms with van der Waals surface area (Å²) in [6.07, 6.45) is 0. The minimum atomic E-state index is -0.218. The van der Waals surface area contributed by atoms with Crippen LogP contribution in [0.2, 0.25) is 0 Å². The predicted molar refractivity (Wildman–Crippen MR) is 66.1 cm³/mol. The molecule has 6 heteroatoms. The first kappa shape index (κ1) is 11.5. The highest BCUT2D eigenvalue weighted by Crippen LogP contribution is 2.24. The largest absolute Gasteiger partial charge is 0.345 e. The molecule has 1 aromatic carbocycles. The van der Waals surface area contributed by atoms with Crippen molar-refractivity contribution < 1.29 is 4.39 Å². The van der Waals surface area contributed by atoms with E-state index in [1.807, 2.05) is 18.0 Å². The molecule has 0 spiro atoms. The van der Waals surface area contributed by atoms with Crippen molar-refractivity contribution in [3.05, 3.63) is 39.6 Å². The van der Waals surface area contributed by atoms with Gasteiger partial charge in [-0.05, 0) is 33.6 Å². The van der Waals surface area contributed by atoms with E-state index in [1.165, 1.54) is 23.5 Å². The van der Waals surface area contributed by atoms with Crippen LogP contribution in [0.4, 0.5) is 9.52 Å². The molecule has 1 heterocycles. The molecule has 0 fully saturated rings. The van der Waals surface area contributed by atoms with Gasteiger partial charge in [0.15, 0.2) is 3.92 Å². The van der Waals surface area contributed by atoms with E-state index in [-0.39, 0.29) is 5.82 Å². The summed E-state index contributed by atoms with van der Waals surface area (Å²) in [4.78, 5) is 1.93. The molecule has 0 N–H and O–H groups in total. The molecule has 0 aliphatic carbocycles. The zero-order chi connectivity index (χ0) is 11.5. The molecular formula is C10H9BrFN3S. The van der Waals surface area contributed by atoms with E-state index in [2.05, 4.69) is 26.1 Å². The van der Waals surface area contributed by atoms with Gasteiger partial charge in [0.25, 0.3) is 0 Å². The zero-order valence-electron chi connectivity index (χ0n) is 8.52. The third-order valence-corrected chi connectivity index (χ3v) is 3.50. The van der Waals surface area contributed by atoms with E-state index in [1.54, 1.807) is 6.07 Å². The van der Waals surface area contributed by atoms with E-state index in [4.69, 9.17) is 0 Å². The van der Waals surface area contributed by atoms with Crippen LogP contribution < -0.4 is 4.90 Å². The summed E-state index contributed by atoms with van der Waals surface area (Å²) in [5.74, 6) is -0.218. The highest BCUT2D eigenvalue weighted by molar-refractivity contribution is 9.11. The first-order valence-electron chi connectivity index (χ1n) is 4.60. The monoisotopic (exact) mass is 301 g/mol. The van der Waals surface area contributed by atoms with Gasteiger partial charge in [0.1, 0.15) is 5.82 Å². The molecule has 1 aromatic heterocycles. The molecule has 0 saturated carbocycles. The first-order chi connectivity index (χ1) is 7.65. The quantitative estimate of drug-likeness (QED) is 0.872. The van der Waals surface area contributed by atoms with Crippen LogP contribution in [0.25, 0.3) is 0 Å². The fourth-order valence-electron chi connectivity index (χ4n) is 1.33. The topological polar surface area (TPSA) is 29.0 Å². The van der Waals surface area contributed by atoms with Crippen molar-refractivity contribution >= 4 is 32.4 Å². The Hall–Kier alpha value is -1.01. The number of benzene rings is 1. The summed E-state index contributed by atoms with van der Waals surface area (Å²) in [5.41, 5.74) is 0.911. The van der Waals surface area contributed by atoms with Crippen molar-refractivity contribution in [1.29, 1.82) is 0 Å². The van der Waals surface area contributed by atoms with Crippen LogP contribution in [0.3, 0.4) is 0 Å². The summed E-state index contributed by atoms with van der Waals surface area (Å²) >= 11 is 4.70. The summed E-state index contributed by atoms with van der Waals surface area (Å²) in [6, 6.07) is 6.54. The summed E-state index contributed by atoms with van der Waals surface area (Å²) < 4.78 is 13.7. The van der Waals surface area contributed by atoms with Gasteiger partial charge in [-0.2, -0.15) is 0 Å². The number of hydrogen-bond donors (Lipinski definition) is 0. The van der Waals surface area contributed by atoms with Gasteiger partial charge < -0.3 is 4.90 Å². The van der Waals surface area contributed by atoms with Gasteiger partial charge in [-0.3, -0.25) is 0 Å². The Morgan fingerprint density at radius 1 is 1.44 bits per heavy atom. The molecule has 0 radical (unpaired) electrons. The maximum Gasteiger partial charge on any atom is 0.209 e. The third kappa shape index (κ3) is 2.76. The molecule has 2 aromatic rings. The van der Waals surface area contributed by atoms with Gasteiger partial charge in [-0.25, -0.2) is 4.39 Å².